The number of rotatable bonds is 6. The second-order valence-corrected chi connectivity index (χ2v) is 11.8. The van der Waals surface area contributed by atoms with Crippen LogP contribution in [0.25, 0.3) is 27.8 Å². The van der Waals surface area contributed by atoms with Gasteiger partial charge in [0.05, 0.1) is 16.1 Å². The topological polar surface area (TPSA) is 92.5 Å². The van der Waals surface area contributed by atoms with E-state index in [1.165, 1.54) is 0 Å². The molecule has 0 amide bonds. The lowest BCUT2D eigenvalue weighted by Gasteiger charge is -2.38. The summed E-state index contributed by atoms with van der Waals surface area (Å²) in [6.07, 6.45) is 4.28. The summed E-state index contributed by atoms with van der Waals surface area (Å²) in [5.74, 6) is 1.03. The summed E-state index contributed by atoms with van der Waals surface area (Å²) in [5.41, 5.74) is 2.93. The van der Waals surface area contributed by atoms with Gasteiger partial charge in [0.25, 0.3) is 5.78 Å². The van der Waals surface area contributed by atoms with Gasteiger partial charge in [0, 0.05) is 28.6 Å². The first kappa shape index (κ1) is 23.8. The van der Waals surface area contributed by atoms with Crippen molar-refractivity contribution in [3.63, 3.8) is 0 Å². The second-order valence-electron chi connectivity index (χ2n) is 9.72. The minimum atomic E-state index is -3.73. The van der Waals surface area contributed by atoms with Gasteiger partial charge in [0.15, 0.2) is 0 Å². The van der Waals surface area contributed by atoms with E-state index in [0.29, 0.717) is 22.3 Å². The fraction of sp³-hybridized carbons (Fsp3) is 0.222. The highest BCUT2D eigenvalue weighted by Gasteiger charge is 2.36. The number of anilines is 2. The Bertz CT molecular complexity index is 1750. The number of fused-ring (bicyclic) bond motifs is 3. The zero-order valence-corrected chi connectivity index (χ0v) is 22.0. The first-order chi connectivity index (χ1) is 17.7. The van der Waals surface area contributed by atoms with Crippen molar-refractivity contribution in [2.75, 3.05) is 11.9 Å². The van der Waals surface area contributed by atoms with E-state index >= 15 is 0 Å². The average molecular weight is 533 g/mol. The molecule has 0 aliphatic heterocycles. The maximum absolute atomic E-state index is 13.4. The molecule has 1 aliphatic carbocycles. The molecule has 0 atom stereocenters. The monoisotopic (exact) mass is 532 g/mol. The Morgan fingerprint density at radius 1 is 1.05 bits per heavy atom. The lowest BCUT2D eigenvalue weighted by Crippen LogP contribution is -2.50. The van der Waals surface area contributed by atoms with Gasteiger partial charge in [-0.05, 0) is 62.1 Å². The molecular weight excluding hydrogens is 508 g/mol. The quantitative estimate of drug-likeness (QED) is 0.306. The summed E-state index contributed by atoms with van der Waals surface area (Å²) < 4.78 is 31.5. The Labute approximate surface area is 220 Å². The Balaban J connectivity index is 1.55. The fourth-order valence-corrected chi connectivity index (χ4v) is 6.55. The molecule has 2 aromatic heterocycles. The van der Waals surface area contributed by atoms with E-state index in [4.69, 9.17) is 16.6 Å². The molecule has 0 bridgehead atoms. The van der Waals surface area contributed by atoms with Gasteiger partial charge in [-0.25, -0.2) is 13.1 Å². The molecule has 1 N–H and O–H groups in total. The Hall–Kier alpha value is -3.53. The number of aromatic nitrogens is 4. The minimum absolute atomic E-state index is 0.207. The maximum atomic E-state index is 13.4. The van der Waals surface area contributed by atoms with E-state index in [2.05, 4.69) is 14.9 Å². The van der Waals surface area contributed by atoms with E-state index in [0.717, 1.165) is 41.3 Å². The summed E-state index contributed by atoms with van der Waals surface area (Å²) in [4.78, 5) is 6.89. The average Bonchev–Trinajstić information content (AvgIpc) is 3.36. The van der Waals surface area contributed by atoms with Crippen molar-refractivity contribution in [3.8, 4) is 11.1 Å². The maximum Gasteiger partial charge on any atom is 0.257 e. The minimum Gasteiger partial charge on any atom is -0.328 e. The summed E-state index contributed by atoms with van der Waals surface area (Å²) in [6.45, 7) is 1.95. The molecule has 8 nitrogen and oxygen atoms in total. The molecule has 0 radical (unpaired) electrons. The van der Waals surface area contributed by atoms with E-state index in [9.17, 15) is 8.42 Å². The molecule has 1 saturated carbocycles. The SMILES string of the molecule is CN(c1cc(S(=O)(=O)NC2(C)CCC2)ccc1-c1ccccc1)c1nc2nncn2c2cc(Cl)ccc12. The van der Waals surface area contributed by atoms with Crippen LogP contribution in [0.15, 0.2) is 78.0 Å². The Morgan fingerprint density at radius 2 is 1.84 bits per heavy atom. The second kappa shape index (κ2) is 8.79. The van der Waals surface area contributed by atoms with Crippen molar-refractivity contribution in [3.05, 3.63) is 78.1 Å². The van der Waals surface area contributed by atoms with Crippen LogP contribution in [0.4, 0.5) is 11.5 Å². The Kier molecular flexibility index (Phi) is 5.67. The first-order valence-corrected chi connectivity index (χ1v) is 13.9. The van der Waals surface area contributed by atoms with Crippen LogP contribution in [0.5, 0.6) is 0 Å². The Morgan fingerprint density at radius 3 is 2.57 bits per heavy atom. The van der Waals surface area contributed by atoms with Crippen LogP contribution < -0.4 is 9.62 Å². The summed E-state index contributed by atoms with van der Waals surface area (Å²) in [7, 11) is -1.85. The van der Waals surface area contributed by atoms with Crippen LogP contribution in [-0.4, -0.2) is 40.6 Å². The van der Waals surface area contributed by atoms with Crippen LogP contribution in [-0.2, 0) is 10.0 Å². The van der Waals surface area contributed by atoms with Crippen LogP contribution in [0.2, 0.25) is 5.02 Å². The molecule has 0 saturated heterocycles. The normalized spacial score (nSPS) is 15.1. The first-order valence-electron chi connectivity index (χ1n) is 12.0. The lowest BCUT2D eigenvalue weighted by molar-refractivity contribution is 0.248. The third-order valence-corrected chi connectivity index (χ3v) is 8.95. The predicted molar refractivity (Wildman–Crippen MR) is 146 cm³/mol. The number of sulfonamides is 1. The summed E-state index contributed by atoms with van der Waals surface area (Å²) >= 11 is 6.32. The zero-order valence-electron chi connectivity index (χ0n) is 20.4. The van der Waals surface area contributed by atoms with Gasteiger partial charge in [-0.2, -0.15) is 4.98 Å². The lowest BCUT2D eigenvalue weighted by atomic mass is 9.80. The molecule has 1 fully saturated rings. The zero-order chi connectivity index (χ0) is 25.8. The van der Waals surface area contributed by atoms with Crippen molar-refractivity contribution in [2.45, 2.75) is 36.6 Å². The summed E-state index contributed by atoms with van der Waals surface area (Å²) in [5, 5.41) is 9.57. The number of halogens is 1. The highest BCUT2D eigenvalue weighted by Crippen LogP contribution is 2.39. The molecule has 0 spiro atoms. The van der Waals surface area contributed by atoms with Gasteiger partial charge in [0.2, 0.25) is 10.0 Å². The molecule has 0 unspecified atom stereocenters. The molecule has 2 heterocycles. The largest absolute Gasteiger partial charge is 0.328 e. The van der Waals surface area contributed by atoms with E-state index in [1.54, 1.807) is 28.9 Å². The predicted octanol–water partition coefficient (Wildman–Crippen LogP) is 5.59. The summed E-state index contributed by atoms with van der Waals surface area (Å²) in [6, 6.07) is 20.7. The van der Waals surface area contributed by atoms with Gasteiger partial charge in [0.1, 0.15) is 12.1 Å². The van der Waals surface area contributed by atoms with Crippen molar-refractivity contribution < 1.29 is 8.42 Å². The molecule has 6 rings (SSSR count). The van der Waals surface area contributed by atoms with Gasteiger partial charge >= 0.3 is 0 Å². The van der Waals surface area contributed by atoms with Crippen molar-refractivity contribution in [1.29, 1.82) is 0 Å². The van der Waals surface area contributed by atoms with Crippen LogP contribution in [0.1, 0.15) is 26.2 Å². The number of hydrogen-bond donors (Lipinski definition) is 1. The van der Waals surface area contributed by atoms with Crippen LogP contribution in [0.3, 0.4) is 0 Å². The van der Waals surface area contributed by atoms with E-state index < -0.39 is 15.6 Å². The molecule has 10 heteroatoms. The fourth-order valence-electron chi connectivity index (χ4n) is 4.90. The number of nitrogens with zero attached hydrogens (tertiary/aromatic N) is 5. The molecular formula is C27H25ClN6O2S. The standard InChI is InChI=1S/C27H25ClN6O2S/c1-27(13-6-14-27)32-37(35,36)20-10-12-21(18-7-4-3-5-8-18)23(16-20)33(2)25-22-11-9-19(28)15-24(22)34-17-29-31-26(34)30-25/h3-5,7-12,15-17,32H,6,13-14H2,1-2H3. The number of benzene rings is 3. The van der Waals surface area contributed by atoms with Crippen LogP contribution in [0, 0.1) is 0 Å². The molecule has 3 aromatic carbocycles. The van der Waals surface area contributed by atoms with Gasteiger partial charge in [-0.1, -0.05) is 48.0 Å². The highest BCUT2D eigenvalue weighted by molar-refractivity contribution is 7.89. The van der Waals surface area contributed by atoms with Crippen molar-refractivity contribution in [1.82, 2.24) is 24.3 Å². The highest BCUT2D eigenvalue weighted by atomic mass is 35.5. The van der Waals surface area contributed by atoms with Gasteiger partial charge in [-0.3, -0.25) is 4.40 Å². The number of nitrogens with one attached hydrogen (secondary N) is 1. The molecule has 37 heavy (non-hydrogen) atoms. The van der Waals surface area contributed by atoms with Gasteiger partial charge in [-0.15, -0.1) is 10.2 Å². The third kappa shape index (κ3) is 4.22. The molecule has 5 aromatic rings. The molecule has 1 aliphatic rings. The van der Waals surface area contributed by atoms with E-state index in [-0.39, 0.29) is 4.90 Å². The van der Waals surface area contributed by atoms with Gasteiger partial charge < -0.3 is 4.90 Å². The molecule has 188 valence electrons. The smallest absolute Gasteiger partial charge is 0.257 e. The van der Waals surface area contributed by atoms with Crippen LogP contribution >= 0.6 is 11.6 Å². The third-order valence-electron chi connectivity index (χ3n) is 7.08. The van der Waals surface area contributed by atoms with Crippen molar-refractivity contribution in [2.24, 2.45) is 0 Å². The van der Waals surface area contributed by atoms with Crippen molar-refractivity contribution >= 4 is 49.8 Å². The number of hydrogen-bond acceptors (Lipinski definition) is 6. The van der Waals surface area contributed by atoms with E-state index in [1.807, 2.05) is 67.4 Å².